The summed E-state index contributed by atoms with van der Waals surface area (Å²) in [6, 6.07) is 9.76. The Morgan fingerprint density at radius 2 is 2.00 bits per heavy atom. The van der Waals surface area contributed by atoms with Gasteiger partial charge in [0.1, 0.15) is 5.82 Å². The van der Waals surface area contributed by atoms with Gasteiger partial charge in [-0.2, -0.15) is 5.10 Å². The van der Waals surface area contributed by atoms with Crippen molar-refractivity contribution in [2.45, 2.75) is 31.2 Å². The van der Waals surface area contributed by atoms with E-state index in [1.54, 1.807) is 33.6 Å². The van der Waals surface area contributed by atoms with Gasteiger partial charge in [0.15, 0.2) is 0 Å². The van der Waals surface area contributed by atoms with Crippen molar-refractivity contribution in [2.24, 2.45) is 5.92 Å². The van der Waals surface area contributed by atoms with E-state index in [2.05, 4.69) is 10.4 Å². The first kappa shape index (κ1) is 17.5. The average molecular weight is 358 g/mol. The molecule has 1 aliphatic rings. The molecular formula is C18H22N4O2S. The summed E-state index contributed by atoms with van der Waals surface area (Å²) < 4.78 is 1.76. The first-order chi connectivity index (χ1) is 12.0. The monoisotopic (exact) mass is 358 g/mol. The number of hydrogen-bond donors (Lipinski definition) is 1. The molecule has 2 heterocycles. The van der Waals surface area contributed by atoms with Gasteiger partial charge in [-0.05, 0) is 44.4 Å². The van der Waals surface area contributed by atoms with Crippen molar-refractivity contribution in [1.82, 2.24) is 9.78 Å². The third-order valence-electron chi connectivity index (χ3n) is 4.29. The number of rotatable bonds is 5. The molecule has 132 valence electrons. The van der Waals surface area contributed by atoms with Crippen LogP contribution in [0.5, 0.6) is 0 Å². The quantitative estimate of drug-likeness (QED) is 0.834. The smallest absolute Gasteiger partial charge is 0.230 e. The molecule has 6 nitrogen and oxygen atoms in total. The van der Waals surface area contributed by atoms with Gasteiger partial charge in [0, 0.05) is 35.7 Å². The van der Waals surface area contributed by atoms with Crippen LogP contribution in [0.1, 0.15) is 26.3 Å². The van der Waals surface area contributed by atoms with Crippen molar-refractivity contribution < 1.29 is 9.59 Å². The zero-order valence-corrected chi connectivity index (χ0v) is 15.4. The summed E-state index contributed by atoms with van der Waals surface area (Å²) in [4.78, 5) is 27.8. The zero-order chi connectivity index (χ0) is 18.0. The van der Waals surface area contributed by atoms with E-state index < -0.39 is 0 Å². The number of carbonyl (C=O) groups excluding carboxylic acids is 2. The van der Waals surface area contributed by atoms with Gasteiger partial charge in [0.25, 0.3) is 0 Å². The highest BCUT2D eigenvalue weighted by molar-refractivity contribution is 7.98. The number of benzene rings is 1. The van der Waals surface area contributed by atoms with Crippen molar-refractivity contribution in [2.75, 3.05) is 23.0 Å². The number of nitrogens with one attached hydrogen (secondary N) is 1. The highest BCUT2D eigenvalue weighted by atomic mass is 32.2. The fourth-order valence-corrected chi connectivity index (χ4v) is 3.36. The van der Waals surface area contributed by atoms with Gasteiger partial charge in [-0.1, -0.05) is 0 Å². The molecule has 0 aliphatic carbocycles. The summed E-state index contributed by atoms with van der Waals surface area (Å²) in [7, 11) is 0. The second-order valence-corrected chi connectivity index (χ2v) is 7.23. The summed E-state index contributed by atoms with van der Waals surface area (Å²) in [5, 5.41) is 7.12. The van der Waals surface area contributed by atoms with Crippen LogP contribution in [0.15, 0.2) is 41.4 Å². The number of aromatic nitrogens is 2. The van der Waals surface area contributed by atoms with E-state index in [0.29, 0.717) is 12.4 Å². The Labute approximate surface area is 151 Å². The summed E-state index contributed by atoms with van der Waals surface area (Å²) in [6.07, 6.45) is 3.90. The maximum absolute atomic E-state index is 12.6. The minimum absolute atomic E-state index is 0.0191. The molecule has 25 heavy (non-hydrogen) atoms. The van der Waals surface area contributed by atoms with Crippen LogP contribution in [-0.4, -0.2) is 34.4 Å². The maximum atomic E-state index is 12.6. The summed E-state index contributed by atoms with van der Waals surface area (Å²) in [5.41, 5.74) is 0.838. The standard InChI is InChI=1S/C18H22N4O2S/c1-12(2)22-16(8-9-19-22)20-18(24)13-10-17(23)21(11-13)14-4-6-15(25-3)7-5-14/h4-9,12-13H,10-11H2,1-3H3,(H,20,24). The first-order valence-corrected chi connectivity index (χ1v) is 9.51. The molecule has 1 aromatic carbocycles. The van der Waals surface area contributed by atoms with Gasteiger partial charge in [0.2, 0.25) is 11.8 Å². The highest BCUT2D eigenvalue weighted by Crippen LogP contribution is 2.28. The Hall–Kier alpha value is -2.28. The minimum Gasteiger partial charge on any atom is -0.312 e. The van der Waals surface area contributed by atoms with Crippen LogP contribution in [0, 0.1) is 5.92 Å². The largest absolute Gasteiger partial charge is 0.312 e. The Balaban J connectivity index is 1.69. The lowest BCUT2D eigenvalue weighted by molar-refractivity contribution is -0.122. The molecular weight excluding hydrogens is 336 g/mol. The van der Waals surface area contributed by atoms with Crippen LogP contribution in [-0.2, 0) is 9.59 Å². The Morgan fingerprint density at radius 3 is 2.64 bits per heavy atom. The molecule has 3 rings (SSSR count). The lowest BCUT2D eigenvalue weighted by Crippen LogP contribution is -2.28. The molecule has 2 amide bonds. The van der Waals surface area contributed by atoms with Crippen LogP contribution in [0.4, 0.5) is 11.5 Å². The van der Waals surface area contributed by atoms with Crippen LogP contribution >= 0.6 is 11.8 Å². The summed E-state index contributed by atoms with van der Waals surface area (Å²) >= 11 is 1.66. The van der Waals surface area contributed by atoms with Crippen LogP contribution in [0.2, 0.25) is 0 Å². The number of amides is 2. The zero-order valence-electron chi connectivity index (χ0n) is 14.6. The normalized spacial score (nSPS) is 17.4. The van der Waals surface area contributed by atoms with E-state index >= 15 is 0 Å². The molecule has 2 aromatic rings. The molecule has 1 unspecified atom stereocenters. The third kappa shape index (κ3) is 3.71. The summed E-state index contributed by atoms with van der Waals surface area (Å²) in [6.45, 7) is 4.41. The molecule has 1 atom stereocenters. The van der Waals surface area contributed by atoms with Gasteiger partial charge >= 0.3 is 0 Å². The summed E-state index contributed by atoms with van der Waals surface area (Å²) in [5.74, 6) is 0.145. The fraction of sp³-hybridized carbons (Fsp3) is 0.389. The van der Waals surface area contributed by atoms with E-state index in [1.165, 1.54) is 0 Å². The third-order valence-corrected chi connectivity index (χ3v) is 5.03. The van der Waals surface area contributed by atoms with Gasteiger partial charge in [-0.3, -0.25) is 9.59 Å². The molecule has 1 N–H and O–H groups in total. The van der Waals surface area contributed by atoms with E-state index in [4.69, 9.17) is 0 Å². The van der Waals surface area contributed by atoms with E-state index in [-0.39, 0.29) is 30.2 Å². The van der Waals surface area contributed by atoms with Crippen molar-refractivity contribution >= 4 is 35.1 Å². The van der Waals surface area contributed by atoms with Gasteiger partial charge in [-0.25, -0.2) is 4.68 Å². The Morgan fingerprint density at radius 1 is 1.28 bits per heavy atom. The van der Waals surface area contributed by atoms with E-state index in [1.807, 2.05) is 44.4 Å². The van der Waals surface area contributed by atoms with Gasteiger partial charge < -0.3 is 10.2 Å². The van der Waals surface area contributed by atoms with Crippen LogP contribution < -0.4 is 10.2 Å². The lowest BCUT2D eigenvalue weighted by atomic mass is 10.1. The second kappa shape index (κ2) is 7.31. The number of hydrogen-bond acceptors (Lipinski definition) is 4. The van der Waals surface area contributed by atoms with Crippen LogP contribution in [0.25, 0.3) is 0 Å². The van der Waals surface area contributed by atoms with E-state index in [9.17, 15) is 9.59 Å². The molecule has 0 saturated carbocycles. The topological polar surface area (TPSA) is 67.2 Å². The average Bonchev–Trinajstić information content (AvgIpc) is 3.21. The Bertz CT molecular complexity index is 770. The van der Waals surface area contributed by atoms with Crippen molar-refractivity contribution in [3.63, 3.8) is 0 Å². The van der Waals surface area contributed by atoms with Crippen LogP contribution in [0.3, 0.4) is 0 Å². The van der Waals surface area contributed by atoms with Gasteiger partial charge in [0.05, 0.1) is 12.1 Å². The van der Waals surface area contributed by atoms with Crippen molar-refractivity contribution in [1.29, 1.82) is 0 Å². The second-order valence-electron chi connectivity index (χ2n) is 6.35. The first-order valence-electron chi connectivity index (χ1n) is 8.28. The predicted octanol–water partition coefficient (Wildman–Crippen LogP) is 3.18. The Kier molecular flexibility index (Phi) is 5.13. The number of anilines is 2. The molecule has 1 aliphatic heterocycles. The number of nitrogens with zero attached hydrogens (tertiary/aromatic N) is 3. The predicted molar refractivity (Wildman–Crippen MR) is 99.9 cm³/mol. The number of carbonyl (C=O) groups is 2. The molecule has 1 saturated heterocycles. The molecule has 0 spiro atoms. The molecule has 0 radical (unpaired) electrons. The van der Waals surface area contributed by atoms with E-state index in [0.717, 1.165) is 10.6 Å². The molecule has 0 bridgehead atoms. The fourth-order valence-electron chi connectivity index (χ4n) is 2.95. The number of thioether (sulfide) groups is 1. The van der Waals surface area contributed by atoms with Gasteiger partial charge in [-0.15, -0.1) is 11.8 Å². The van der Waals surface area contributed by atoms with Crippen molar-refractivity contribution in [3.8, 4) is 0 Å². The molecule has 1 fully saturated rings. The maximum Gasteiger partial charge on any atom is 0.230 e. The highest BCUT2D eigenvalue weighted by Gasteiger charge is 2.35. The SMILES string of the molecule is CSc1ccc(N2CC(C(=O)Nc3ccnn3C(C)C)CC2=O)cc1. The lowest BCUT2D eigenvalue weighted by Gasteiger charge is -2.17. The van der Waals surface area contributed by atoms with Crippen molar-refractivity contribution in [3.05, 3.63) is 36.5 Å². The molecule has 7 heteroatoms. The minimum atomic E-state index is -0.358. The molecule has 1 aromatic heterocycles.